The number of aromatic hydroxyl groups is 1. The molecule has 1 saturated heterocycles. The van der Waals surface area contributed by atoms with Crippen LogP contribution in [0.4, 0.5) is 19.0 Å². The van der Waals surface area contributed by atoms with Gasteiger partial charge in [-0.15, -0.1) is 0 Å². The second-order valence-corrected chi connectivity index (χ2v) is 10.8. The van der Waals surface area contributed by atoms with Crippen molar-refractivity contribution in [3.8, 4) is 5.75 Å². The van der Waals surface area contributed by atoms with Gasteiger partial charge in [-0.3, -0.25) is 0 Å². The Kier molecular flexibility index (Phi) is 7.34. The first-order valence-electron chi connectivity index (χ1n) is 11.3. The Morgan fingerprint density at radius 3 is 2.59 bits per heavy atom. The van der Waals surface area contributed by atoms with Gasteiger partial charge in [0.15, 0.2) is 17.4 Å². The van der Waals surface area contributed by atoms with Gasteiger partial charge < -0.3 is 14.7 Å². The molecule has 1 aliphatic heterocycles. The Balaban J connectivity index is 1.44. The van der Waals surface area contributed by atoms with Crippen LogP contribution in [0.25, 0.3) is 0 Å². The molecule has 34 heavy (non-hydrogen) atoms. The molecule has 0 unspecified atom stereocenters. The van der Waals surface area contributed by atoms with Crippen LogP contribution >= 0.6 is 0 Å². The van der Waals surface area contributed by atoms with Gasteiger partial charge >= 0.3 is 0 Å². The van der Waals surface area contributed by atoms with Crippen LogP contribution in [0.1, 0.15) is 43.6 Å². The number of aromatic nitrogens is 1. The van der Waals surface area contributed by atoms with Gasteiger partial charge in [0.1, 0.15) is 5.82 Å². The molecule has 0 bridgehead atoms. The SMILES string of the molecule is CS(=O)(=O)N[C@H]1CCN(c2ncc(F)c(O)c2F)[C@H]1CO[C@H]1CC[C@@H](c2cccc(F)c2)CC1. The van der Waals surface area contributed by atoms with Crippen LogP contribution in [0.3, 0.4) is 0 Å². The van der Waals surface area contributed by atoms with Crippen LogP contribution < -0.4 is 9.62 Å². The van der Waals surface area contributed by atoms with Crippen molar-refractivity contribution in [1.29, 1.82) is 0 Å². The first kappa shape index (κ1) is 24.7. The molecule has 1 aromatic heterocycles. The average Bonchev–Trinajstić information content (AvgIpc) is 3.17. The van der Waals surface area contributed by atoms with E-state index in [4.69, 9.17) is 4.74 Å². The number of nitrogens with one attached hydrogen (secondary N) is 1. The molecule has 2 atom stereocenters. The Labute approximate surface area is 197 Å². The van der Waals surface area contributed by atoms with Gasteiger partial charge in [0, 0.05) is 12.6 Å². The highest BCUT2D eigenvalue weighted by atomic mass is 32.2. The number of pyridine rings is 1. The molecule has 2 fully saturated rings. The molecule has 1 aliphatic carbocycles. The Hall–Kier alpha value is -2.37. The van der Waals surface area contributed by atoms with Crippen molar-refractivity contribution in [3.05, 3.63) is 53.5 Å². The van der Waals surface area contributed by atoms with Crippen LogP contribution in [0.2, 0.25) is 0 Å². The minimum absolute atomic E-state index is 0.0782. The molecule has 0 amide bonds. The molecule has 4 rings (SSSR count). The zero-order chi connectivity index (χ0) is 24.5. The van der Waals surface area contributed by atoms with E-state index >= 15 is 0 Å². The van der Waals surface area contributed by atoms with E-state index in [1.807, 2.05) is 6.07 Å². The number of ether oxygens (including phenoxy) is 1. The van der Waals surface area contributed by atoms with E-state index in [0.29, 0.717) is 6.42 Å². The summed E-state index contributed by atoms with van der Waals surface area (Å²) in [6.45, 7) is 0.351. The number of nitrogens with zero attached hydrogens (tertiary/aromatic N) is 2. The first-order valence-corrected chi connectivity index (χ1v) is 13.2. The fraction of sp³-hybridized carbons (Fsp3) is 0.522. The van der Waals surface area contributed by atoms with E-state index in [-0.39, 0.29) is 36.8 Å². The molecule has 1 saturated carbocycles. The minimum Gasteiger partial charge on any atom is -0.503 e. The summed E-state index contributed by atoms with van der Waals surface area (Å²) in [7, 11) is -3.54. The van der Waals surface area contributed by atoms with Crippen molar-refractivity contribution < 1.29 is 31.4 Å². The molecular formula is C23H28F3N3O4S. The van der Waals surface area contributed by atoms with Crippen molar-refractivity contribution in [3.63, 3.8) is 0 Å². The first-order chi connectivity index (χ1) is 16.1. The Bertz CT molecular complexity index is 1130. The molecule has 2 aromatic rings. The van der Waals surface area contributed by atoms with Crippen molar-refractivity contribution in [1.82, 2.24) is 9.71 Å². The lowest BCUT2D eigenvalue weighted by molar-refractivity contribution is 0.0155. The predicted molar refractivity (Wildman–Crippen MR) is 121 cm³/mol. The predicted octanol–water partition coefficient (Wildman–Crippen LogP) is 3.44. The number of halogens is 3. The number of rotatable bonds is 7. The summed E-state index contributed by atoms with van der Waals surface area (Å²) in [5.74, 6) is -3.75. The zero-order valence-electron chi connectivity index (χ0n) is 18.8. The minimum atomic E-state index is -3.54. The van der Waals surface area contributed by atoms with Crippen LogP contribution in [0.15, 0.2) is 30.5 Å². The van der Waals surface area contributed by atoms with Crippen molar-refractivity contribution in [2.24, 2.45) is 0 Å². The second-order valence-electron chi connectivity index (χ2n) is 9.00. The Morgan fingerprint density at radius 2 is 1.91 bits per heavy atom. The fourth-order valence-electron chi connectivity index (χ4n) is 4.94. The summed E-state index contributed by atoms with van der Waals surface area (Å²) < 4.78 is 74.1. The maximum atomic E-state index is 14.6. The molecule has 0 radical (unpaired) electrons. The normalized spacial score (nSPS) is 25.6. The maximum Gasteiger partial charge on any atom is 0.210 e. The van der Waals surface area contributed by atoms with Crippen LogP contribution in [-0.2, 0) is 14.8 Å². The molecule has 7 nitrogen and oxygen atoms in total. The summed E-state index contributed by atoms with van der Waals surface area (Å²) in [6, 6.07) is 5.45. The monoisotopic (exact) mass is 499 g/mol. The highest BCUT2D eigenvalue weighted by Crippen LogP contribution is 2.36. The number of sulfonamides is 1. The van der Waals surface area contributed by atoms with Gasteiger partial charge in [-0.05, 0) is 55.7 Å². The Morgan fingerprint density at radius 1 is 1.18 bits per heavy atom. The van der Waals surface area contributed by atoms with E-state index in [2.05, 4.69) is 9.71 Å². The lowest BCUT2D eigenvalue weighted by Gasteiger charge is -2.33. The molecular weight excluding hydrogens is 471 g/mol. The lowest BCUT2D eigenvalue weighted by Crippen LogP contribution is -2.48. The quantitative estimate of drug-likeness (QED) is 0.607. The highest BCUT2D eigenvalue weighted by molar-refractivity contribution is 7.88. The van der Waals surface area contributed by atoms with Crippen LogP contribution in [-0.4, -0.2) is 56.1 Å². The topological polar surface area (TPSA) is 91.8 Å². The van der Waals surface area contributed by atoms with E-state index in [9.17, 15) is 26.7 Å². The fourth-order valence-corrected chi connectivity index (χ4v) is 5.76. The summed E-state index contributed by atoms with van der Waals surface area (Å²) >= 11 is 0. The third-order valence-electron chi connectivity index (χ3n) is 6.61. The number of benzene rings is 1. The molecule has 2 heterocycles. The third-order valence-corrected chi connectivity index (χ3v) is 7.34. The molecule has 2 aliphatic rings. The van der Waals surface area contributed by atoms with Gasteiger partial charge in [0.05, 0.1) is 31.2 Å². The van der Waals surface area contributed by atoms with Gasteiger partial charge in [0.2, 0.25) is 15.8 Å². The van der Waals surface area contributed by atoms with E-state index in [1.54, 1.807) is 12.1 Å². The van der Waals surface area contributed by atoms with E-state index in [1.165, 1.54) is 11.0 Å². The van der Waals surface area contributed by atoms with Gasteiger partial charge in [-0.1, -0.05) is 12.1 Å². The average molecular weight is 500 g/mol. The maximum absolute atomic E-state index is 14.6. The third kappa shape index (κ3) is 5.64. The van der Waals surface area contributed by atoms with Gasteiger partial charge in [-0.2, -0.15) is 4.39 Å². The molecule has 186 valence electrons. The van der Waals surface area contributed by atoms with Gasteiger partial charge in [0.25, 0.3) is 0 Å². The molecule has 2 N–H and O–H groups in total. The number of hydrogen-bond acceptors (Lipinski definition) is 6. The summed E-state index contributed by atoms with van der Waals surface area (Å²) in [4.78, 5) is 5.31. The summed E-state index contributed by atoms with van der Waals surface area (Å²) in [5, 5.41) is 9.67. The summed E-state index contributed by atoms with van der Waals surface area (Å²) in [6.07, 6.45) is 5.23. The second kappa shape index (κ2) is 10.1. The molecule has 11 heteroatoms. The number of hydrogen-bond donors (Lipinski definition) is 2. The zero-order valence-corrected chi connectivity index (χ0v) is 19.6. The van der Waals surface area contributed by atoms with Crippen LogP contribution in [0.5, 0.6) is 5.75 Å². The van der Waals surface area contributed by atoms with Crippen molar-refractivity contribution in [2.45, 2.75) is 56.2 Å². The molecule has 1 aromatic carbocycles. The van der Waals surface area contributed by atoms with E-state index < -0.39 is 39.5 Å². The lowest BCUT2D eigenvalue weighted by atomic mass is 9.82. The van der Waals surface area contributed by atoms with Crippen LogP contribution in [0, 0.1) is 17.5 Å². The summed E-state index contributed by atoms with van der Waals surface area (Å²) in [5.41, 5.74) is 0.968. The standard InChI is InChI=1S/C23H28F3N3O4S/c1-34(31,32)28-19-9-10-29(23-21(26)22(30)18(25)12-27-23)20(19)13-33-17-7-5-14(6-8-17)15-3-2-4-16(24)11-15/h2-4,11-12,14,17,19-20,28H,5-10,13H2,1H3,(H,27,30)/t14-,17+,19-,20-/m0/s1. The van der Waals surface area contributed by atoms with Crippen molar-refractivity contribution >= 4 is 15.8 Å². The molecule has 0 spiro atoms. The largest absolute Gasteiger partial charge is 0.503 e. The van der Waals surface area contributed by atoms with E-state index in [0.717, 1.165) is 43.7 Å². The van der Waals surface area contributed by atoms with Gasteiger partial charge in [-0.25, -0.2) is 26.9 Å². The van der Waals surface area contributed by atoms with Crippen molar-refractivity contribution in [2.75, 3.05) is 24.3 Å². The number of anilines is 1. The smallest absolute Gasteiger partial charge is 0.210 e. The highest BCUT2D eigenvalue weighted by Gasteiger charge is 2.39.